The average molecular weight is 228 g/mol. The molecule has 0 saturated carbocycles. The maximum absolute atomic E-state index is 9.06. The molecule has 0 aliphatic rings. The summed E-state index contributed by atoms with van der Waals surface area (Å²) in [6.45, 7) is 1.07. The fraction of sp³-hybridized carbons (Fsp3) is 0.222. The molecule has 14 heavy (non-hydrogen) atoms. The maximum atomic E-state index is 9.06. The zero-order valence-electron chi connectivity index (χ0n) is 8.14. The lowest BCUT2D eigenvalue weighted by atomic mass is 10.2. The molecule has 1 aromatic carbocycles. The van der Waals surface area contributed by atoms with Gasteiger partial charge in [0.25, 0.3) is 0 Å². The van der Waals surface area contributed by atoms with Crippen LogP contribution in [0.2, 0.25) is 0 Å². The summed E-state index contributed by atoms with van der Waals surface area (Å²) in [4.78, 5) is 0. The highest BCUT2D eigenvalue weighted by molar-refractivity contribution is 8.03. The number of benzene rings is 1. The topological polar surface area (TPSA) is 35.8 Å². The van der Waals surface area contributed by atoms with Gasteiger partial charge in [-0.15, -0.1) is 0 Å². The number of hydrogen-bond acceptors (Lipinski definition) is 3. The van der Waals surface area contributed by atoms with Crippen molar-refractivity contribution < 1.29 is 5.11 Å². The first-order valence-corrected chi connectivity index (χ1v) is 7.25. The first-order chi connectivity index (χ1) is 6.59. The Morgan fingerprint density at radius 3 is 2.50 bits per heavy atom. The second-order valence-corrected chi connectivity index (χ2v) is 6.34. The largest absolute Gasteiger partial charge is 0.508 e. The van der Waals surface area contributed by atoms with E-state index in [4.69, 9.17) is 16.9 Å². The van der Waals surface area contributed by atoms with E-state index in [1.165, 1.54) is 0 Å². The van der Waals surface area contributed by atoms with Crippen molar-refractivity contribution >= 4 is 24.9 Å². The molecule has 1 rings (SSSR count). The molecule has 0 aliphatic carbocycles. The molecule has 3 nitrogen and oxygen atoms in total. The van der Waals surface area contributed by atoms with Crippen molar-refractivity contribution in [2.24, 2.45) is 5.10 Å². The molecule has 0 aliphatic heterocycles. The number of phenols is 1. The fourth-order valence-corrected chi connectivity index (χ4v) is 1.16. The number of rotatable bonds is 3. The molecule has 0 bridgehead atoms. The normalized spacial score (nSPS) is 13.0. The average Bonchev–Trinajstić information content (AvgIpc) is 2.16. The van der Waals surface area contributed by atoms with Gasteiger partial charge in [-0.3, -0.25) is 4.78 Å². The smallest absolute Gasteiger partial charge is 0.115 e. The van der Waals surface area contributed by atoms with Crippen LogP contribution in [0.1, 0.15) is 5.56 Å². The monoisotopic (exact) mass is 228 g/mol. The Kier molecular flexibility index (Phi) is 4.11. The van der Waals surface area contributed by atoms with Crippen LogP contribution < -0.4 is 0 Å². The minimum atomic E-state index is -0.921. The minimum Gasteiger partial charge on any atom is -0.508 e. The highest BCUT2D eigenvalue weighted by Crippen LogP contribution is 2.19. The van der Waals surface area contributed by atoms with E-state index in [1.54, 1.807) is 35.3 Å². The van der Waals surface area contributed by atoms with Crippen molar-refractivity contribution in [1.82, 2.24) is 4.78 Å². The Morgan fingerprint density at radius 1 is 1.43 bits per heavy atom. The second-order valence-electron chi connectivity index (χ2n) is 2.88. The van der Waals surface area contributed by atoms with Gasteiger partial charge in [0.15, 0.2) is 0 Å². The van der Waals surface area contributed by atoms with Gasteiger partial charge in [0, 0.05) is 13.9 Å². The van der Waals surface area contributed by atoms with Gasteiger partial charge in [0.2, 0.25) is 0 Å². The van der Waals surface area contributed by atoms with Gasteiger partial charge in [0.1, 0.15) is 5.75 Å². The molecule has 0 spiro atoms. The first-order valence-electron chi connectivity index (χ1n) is 4.17. The zero-order chi connectivity index (χ0) is 10.6. The minimum absolute atomic E-state index is 0.263. The van der Waals surface area contributed by atoms with Crippen molar-refractivity contribution in [2.45, 2.75) is 0 Å². The third-order valence-electron chi connectivity index (χ3n) is 1.73. The summed E-state index contributed by atoms with van der Waals surface area (Å²) < 4.78 is 1.80. The van der Waals surface area contributed by atoms with E-state index < -0.39 is 6.85 Å². The summed E-state index contributed by atoms with van der Waals surface area (Å²) in [5.41, 5.74) is 0.952. The van der Waals surface area contributed by atoms with Crippen LogP contribution >= 0.6 is 6.85 Å². The van der Waals surface area contributed by atoms with Gasteiger partial charge in [-0.1, -0.05) is 11.8 Å². The van der Waals surface area contributed by atoms with Crippen LogP contribution in [0, 0.1) is 0 Å². The standard InChI is InChI=1S/C9H13N2OPS/c1-11(13(2)14)10-7-8-3-5-9(12)6-4-8/h3-7,12-13H,1-2H3. The number of aromatic hydroxyl groups is 1. The lowest BCUT2D eigenvalue weighted by Gasteiger charge is -2.10. The number of hydrazone groups is 1. The number of phenolic OH excluding ortho intramolecular Hbond substituents is 1. The van der Waals surface area contributed by atoms with E-state index in [1.807, 2.05) is 13.7 Å². The van der Waals surface area contributed by atoms with E-state index in [9.17, 15) is 0 Å². The summed E-state index contributed by atoms with van der Waals surface area (Å²) >= 11 is 5.11. The Labute approximate surface area is 89.5 Å². The van der Waals surface area contributed by atoms with Gasteiger partial charge < -0.3 is 5.11 Å². The highest BCUT2D eigenvalue weighted by Gasteiger charge is 1.92. The van der Waals surface area contributed by atoms with Crippen LogP contribution in [-0.4, -0.2) is 29.8 Å². The van der Waals surface area contributed by atoms with Gasteiger partial charge in [-0.25, -0.2) is 0 Å². The van der Waals surface area contributed by atoms with Gasteiger partial charge >= 0.3 is 0 Å². The van der Waals surface area contributed by atoms with E-state index in [0.717, 1.165) is 5.56 Å². The molecule has 0 saturated heterocycles. The number of hydrogen-bond donors (Lipinski definition) is 1. The Hall–Kier alpha value is -0.860. The van der Waals surface area contributed by atoms with Crippen molar-refractivity contribution in [3.05, 3.63) is 29.8 Å². The van der Waals surface area contributed by atoms with Crippen molar-refractivity contribution in [3.63, 3.8) is 0 Å². The molecule has 0 heterocycles. The SMILES string of the molecule is CN(N=Cc1ccc(O)cc1)[PH](C)=S. The molecule has 0 aromatic heterocycles. The van der Waals surface area contributed by atoms with E-state index in [2.05, 4.69) is 5.10 Å². The molecule has 1 aromatic rings. The molecule has 1 atom stereocenters. The molecule has 0 amide bonds. The van der Waals surface area contributed by atoms with E-state index in [0.29, 0.717) is 0 Å². The van der Waals surface area contributed by atoms with Crippen molar-refractivity contribution in [1.29, 1.82) is 0 Å². The third kappa shape index (κ3) is 3.48. The molecule has 76 valence electrons. The van der Waals surface area contributed by atoms with Gasteiger partial charge in [-0.05, 0) is 36.5 Å². The quantitative estimate of drug-likeness (QED) is 0.487. The van der Waals surface area contributed by atoms with Crippen LogP contribution in [0.15, 0.2) is 29.4 Å². The summed E-state index contributed by atoms with van der Waals surface area (Å²) in [5.74, 6) is 0.263. The molecular weight excluding hydrogens is 215 g/mol. The van der Waals surface area contributed by atoms with E-state index >= 15 is 0 Å². The summed E-state index contributed by atoms with van der Waals surface area (Å²) in [6.07, 6.45) is 1.74. The van der Waals surface area contributed by atoms with Crippen molar-refractivity contribution in [2.75, 3.05) is 13.7 Å². The predicted octanol–water partition coefficient (Wildman–Crippen LogP) is 1.88. The summed E-state index contributed by atoms with van der Waals surface area (Å²) in [7, 11) is 1.87. The zero-order valence-corrected chi connectivity index (χ0v) is 9.95. The molecule has 0 radical (unpaired) electrons. The Bertz CT molecular complexity index is 350. The number of nitrogens with zero attached hydrogens (tertiary/aromatic N) is 2. The summed E-state index contributed by atoms with van der Waals surface area (Å²) in [5, 5.41) is 13.2. The van der Waals surface area contributed by atoms with Crippen LogP contribution in [0.25, 0.3) is 0 Å². The summed E-state index contributed by atoms with van der Waals surface area (Å²) in [6, 6.07) is 6.87. The molecule has 0 fully saturated rings. The highest BCUT2D eigenvalue weighted by atomic mass is 32.4. The fourth-order valence-electron chi connectivity index (χ4n) is 0.795. The molecule has 5 heteroatoms. The van der Waals surface area contributed by atoms with Crippen molar-refractivity contribution in [3.8, 4) is 5.75 Å². The Balaban J connectivity index is 2.69. The molecule has 1 unspecified atom stereocenters. The van der Waals surface area contributed by atoms with Gasteiger partial charge in [-0.2, -0.15) is 5.10 Å². The molecule has 1 N–H and O–H groups in total. The Morgan fingerprint density at radius 2 is 2.00 bits per heavy atom. The molecular formula is C9H13N2OPS. The van der Waals surface area contributed by atoms with Crippen LogP contribution in [0.4, 0.5) is 0 Å². The van der Waals surface area contributed by atoms with Crippen LogP contribution in [0.5, 0.6) is 5.75 Å². The predicted molar refractivity (Wildman–Crippen MR) is 65.1 cm³/mol. The lowest BCUT2D eigenvalue weighted by Crippen LogP contribution is -1.98. The third-order valence-corrected chi connectivity index (χ3v) is 3.55. The van der Waals surface area contributed by atoms with Crippen LogP contribution in [0.3, 0.4) is 0 Å². The first kappa shape index (κ1) is 11.2. The van der Waals surface area contributed by atoms with E-state index in [-0.39, 0.29) is 5.75 Å². The lowest BCUT2D eigenvalue weighted by molar-refractivity contribution is 0.475. The van der Waals surface area contributed by atoms with Crippen LogP contribution in [-0.2, 0) is 11.8 Å². The second kappa shape index (κ2) is 5.13. The maximum Gasteiger partial charge on any atom is 0.115 e. The van der Waals surface area contributed by atoms with Gasteiger partial charge in [0.05, 0.1) is 6.21 Å².